The normalized spacial score (nSPS) is 11.6. The number of aryl methyl sites for hydroxylation is 2. The van der Waals surface area contributed by atoms with Crippen molar-refractivity contribution in [1.82, 2.24) is 0 Å². The fourth-order valence-corrected chi connectivity index (χ4v) is 6.62. The summed E-state index contributed by atoms with van der Waals surface area (Å²) < 4.78 is 56.2. The highest BCUT2D eigenvalue weighted by Crippen LogP contribution is 2.30. The largest absolute Gasteiger partial charge is 0.325 e. The summed E-state index contributed by atoms with van der Waals surface area (Å²) in [5.74, 6) is -0.658. The second kappa shape index (κ2) is 11.9. The molecule has 0 aliphatic heterocycles. The smallest absolute Gasteiger partial charge is 0.264 e. The molecule has 0 spiro atoms. The van der Waals surface area contributed by atoms with Crippen LogP contribution in [0.25, 0.3) is 0 Å². The van der Waals surface area contributed by atoms with E-state index in [-0.39, 0.29) is 31.2 Å². The van der Waals surface area contributed by atoms with Gasteiger partial charge in [0, 0.05) is 5.69 Å². The standard InChI is InChI=1S/C28H25Cl2N3O5S2/c1-19-8-9-20(2)27(16-19)32-39(35,36)23-13-10-21(11-14-23)31-28(34)18-33(22-12-15-25(29)26(30)17-22)40(37,38)24-6-4-3-5-7-24/h3-17,32H,18H2,1-2H3,(H,31,34). The molecule has 0 saturated carbocycles. The highest BCUT2D eigenvalue weighted by Gasteiger charge is 2.28. The molecule has 1 amide bonds. The van der Waals surface area contributed by atoms with Crippen molar-refractivity contribution in [1.29, 1.82) is 0 Å². The summed E-state index contributed by atoms with van der Waals surface area (Å²) in [7, 11) is -8.03. The summed E-state index contributed by atoms with van der Waals surface area (Å²) in [6.07, 6.45) is 0. The van der Waals surface area contributed by atoms with Gasteiger partial charge in [-0.1, -0.05) is 53.5 Å². The molecule has 0 unspecified atom stereocenters. The average Bonchev–Trinajstić information content (AvgIpc) is 2.91. The zero-order valence-corrected chi connectivity index (χ0v) is 24.6. The first-order valence-corrected chi connectivity index (χ1v) is 15.6. The topological polar surface area (TPSA) is 113 Å². The van der Waals surface area contributed by atoms with E-state index in [1.54, 1.807) is 31.2 Å². The number of amides is 1. The summed E-state index contributed by atoms with van der Waals surface area (Å²) >= 11 is 12.1. The molecule has 4 aromatic rings. The number of halogens is 2. The Balaban J connectivity index is 1.54. The molecule has 0 aliphatic carbocycles. The summed E-state index contributed by atoms with van der Waals surface area (Å²) in [5.41, 5.74) is 2.58. The zero-order valence-electron chi connectivity index (χ0n) is 21.4. The van der Waals surface area contributed by atoms with E-state index in [4.69, 9.17) is 23.2 Å². The SMILES string of the molecule is Cc1ccc(C)c(NS(=O)(=O)c2ccc(NC(=O)CN(c3ccc(Cl)c(Cl)c3)S(=O)(=O)c3ccccc3)cc2)c1. The minimum atomic E-state index is -4.15. The van der Waals surface area contributed by atoms with E-state index < -0.39 is 32.5 Å². The highest BCUT2D eigenvalue weighted by molar-refractivity contribution is 7.93. The molecule has 0 radical (unpaired) electrons. The van der Waals surface area contributed by atoms with Crippen LogP contribution in [0.5, 0.6) is 0 Å². The maximum absolute atomic E-state index is 13.5. The number of carbonyl (C=O) groups excluding carboxylic acids is 1. The van der Waals surface area contributed by atoms with Gasteiger partial charge in [0.05, 0.1) is 31.2 Å². The number of benzene rings is 4. The van der Waals surface area contributed by atoms with Gasteiger partial charge in [-0.25, -0.2) is 16.8 Å². The first-order valence-electron chi connectivity index (χ1n) is 11.9. The third kappa shape index (κ3) is 6.76. The molecule has 0 atom stereocenters. The second-order valence-electron chi connectivity index (χ2n) is 8.92. The molecule has 0 heterocycles. The molecular weight excluding hydrogens is 593 g/mol. The Bertz CT molecular complexity index is 1760. The highest BCUT2D eigenvalue weighted by atomic mass is 35.5. The number of nitrogens with zero attached hydrogens (tertiary/aromatic N) is 1. The van der Waals surface area contributed by atoms with Crippen LogP contribution in [0.15, 0.2) is 101 Å². The van der Waals surface area contributed by atoms with Crippen LogP contribution in [0, 0.1) is 13.8 Å². The number of anilines is 3. The summed E-state index contributed by atoms with van der Waals surface area (Å²) in [6.45, 7) is 3.08. The lowest BCUT2D eigenvalue weighted by Crippen LogP contribution is -2.38. The van der Waals surface area contributed by atoms with E-state index in [2.05, 4.69) is 10.0 Å². The lowest BCUT2D eigenvalue weighted by atomic mass is 10.1. The zero-order chi connectivity index (χ0) is 29.1. The number of hydrogen-bond acceptors (Lipinski definition) is 5. The van der Waals surface area contributed by atoms with Crippen molar-refractivity contribution in [2.24, 2.45) is 0 Å². The number of carbonyl (C=O) groups is 1. The third-order valence-electron chi connectivity index (χ3n) is 5.90. The van der Waals surface area contributed by atoms with E-state index in [1.165, 1.54) is 54.6 Å². The van der Waals surface area contributed by atoms with Crippen molar-refractivity contribution in [3.05, 3.63) is 112 Å². The van der Waals surface area contributed by atoms with Crippen LogP contribution in [0.4, 0.5) is 17.1 Å². The van der Waals surface area contributed by atoms with Crippen LogP contribution in [-0.2, 0) is 24.8 Å². The second-order valence-corrected chi connectivity index (χ2v) is 13.3. The van der Waals surface area contributed by atoms with Crippen LogP contribution in [0.2, 0.25) is 10.0 Å². The molecular formula is C28H25Cl2N3O5S2. The monoisotopic (exact) mass is 617 g/mol. The number of rotatable bonds is 9. The third-order valence-corrected chi connectivity index (χ3v) is 9.80. The minimum Gasteiger partial charge on any atom is -0.325 e. The van der Waals surface area contributed by atoms with E-state index in [1.807, 2.05) is 19.1 Å². The van der Waals surface area contributed by atoms with Gasteiger partial charge in [-0.05, 0) is 85.6 Å². The van der Waals surface area contributed by atoms with E-state index >= 15 is 0 Å². The van der Waals surface area contributed by atoms with Gasteiger partial charge in [-0.3, -0.25) is 13.8 Å². The van der Waals surface area contributed by atoms with Gasteiger partial charge in [-0.2, -0.15) is 0 Å². The van der Waals surface area contributed by atoms with E-state index in [0.717, 1.165) is 15.4 Å². The Morgan fingerprint density at radius 3 is 2.10 bits per heavy atom. The van der Waals surface area contributed by atoms with Crippen molar-refractivity contribution >= 4 is 66.2 Å². The average molecular weight is 619 g/mol. The molecule has 8 nitrogen and oxygen atoms in total. The molecule has 0 bridgehead atoms. The lowest BCUT2D eigenvalue weighted by Gasteiger charge is -2.24. The van der Waals surface area contributed by atoms with Gasteiger partial charge in [0.25, 0.3) is 20.0 Å². The Kier molecular flexibility index (Phi) is 8.74. The van der Waals surface area contributed by atoms with Crippen LogP contribution in [0.3, 0.4) is 0 Å². The maximum Gasteiger partial charge on any atom is 0.264 e. The quantitative estimate of drug-likeness (QED) is 0.231. The Morgan fingerprint density at radius 1 is 0.775 bits per heavy atom. The molecule has 0 saturated heterocycles. The van der Waals surface area contributed by atoms with Crippen LogP contribution >= 0.6 is 23.2 Å². The van der Waals surface area contributed by atoms with Gasteiger partial charge < -0.3 is 5.32 Å². The first kappa shape index (κ1) is 29.4. The molecule has 40 heavy (non-hydrogen) atoms. The van der Waals surface area contributed by atoms with Gasteiger partial charge >= 0.3 is 0 Å². The molecule has 12 heteroatoms. The fourth-order valence-electron chi connectivity index (χ4n) is 3.77. The molecule has 2 N–H and O–H groups in total. The molecule has 0 aliphatic rings. The van der Waals surface area contributed by atoms with Crippen molar-refractivity contribution in [2.45, 2.75) is 23.6 Å². The van der Waals surface area contributed by atoms with Crippen molar-refractivity contribution in [3.8, 4) is 0 Å². The minimum absolute atomic E-state index is 0.00417. The van der Waals surface area contributed by atoms with E-state index in [0.29, 0.717) is 5.69 Å². The van der Waals surface area contributed by atoms with Crippen molar-refractivity contribution < 1.29 is 21.6 Å². The van der Waals surface area contributed by atoms with Gasteiger partial charge in [0.15, 0.2) is 0 Å². The fraction of sp³-hybridized carbons (Fsp3) is 0.107. The van der Waals surface area contributed by atoms with Crippen molar-refractivity contribution in [2.75, 3.05) is 20.9 Å². The first-order chi connectivity index (χ1) is 18.9. The molecule has 4 rings (SSSR count). The molecule has 0 aromatic heterocycles. The van der Waals surface area contributed by atoms with Gasteiger partial charge in [0.1, 0.15) is 6.54 Å². The Morgan fingerprint density at radius 2 is 1.45 bits per heavy atom. The van der Waals surface area contributed by atoms with Gasteiger partial charge in [0.2, 0.25) is 5.91 Å². The number of hydrogen-bond donors (Lipinski definition) is 2. The summed E-state index contributed by atoms with van der Waals surface area (Å²) in [5, 5.41) is 2.97. The van der Waals surface area contributed by atoms with E-state index in [9.17, 15) is 21.6 Å². The Hall–Kier alpha value is -3.57. The van der Waals surface area contributed by atoms with Crippen LogP contribution < -0.4 is 14.3 Å². The van der Waals surface area contributed by atoms with Crippen molar-refractivity contribution in [3.63, 3.8) is 0 Å². The molecule has 208 valence electrons. The summed E-state index contributed by atoms with van der Waals surface area (Å²) in [4.78, 5) is 13.0. The molecule has 0 fully saturated rings. The van der Waals surface area contributed by atoms with Crippen LogP contribution in [-0.4, -0.2) is 29.3 Å². The van der Waals surface area contributed by atoms with Crippen LogP contribution in [0.1, 0.15) is 11.1 Å². The number of sulfonamides is 2. The summed E-state index contributed by atoms with van der Waals surface area (Å²) in [6, 6.07) is 22.9. The molecule has 4 aromatic carbocycles. The predicted molar refractivity (Wildman–Crippen MR) is 159 cm³/mol. The predicted octanol–water partition coefficient (Wildman–Crippen LogP) is 6.25. The Labute approximate surface area is 243 Å². The lowest BCUT2D eigenvalue weighted by molar-refractivity contribution is -0.114. The number of nitrogens with one attached hydrogen (secondary N) is 2. The maximum atomic E-state index is 13.5. The van der Waals surface area contributed by atoms with Gasteiger partial charge in [-0.15, -0.1) is 0 Å².